The molecule has 1 aromatic rings. The Morgan fingerprint density at radius 2 is 1.96 bits per heavy atom. The van der Waals surface area contributed by atoms with Crippen LogP contribution in [0, 0.1) is 17.3 Å². The highest BCUT2D eigenvalue weighted by molar-refractivity contribution is 5.96. The van der Waals surface area contributed by atoms with Crippen molar-refractivity contribution < 1.29 is 9.53 Å². The smallest absolute Gasteiger partial charge is 0.164 e. The second-order valence-electron chi connectivity index (χ2n) is 7.16. The van der Waals surface area contributed by atoms with Crippen LogP contribution in [0.5, 0.6) is 0 Å². The van der Waals surface area contributed by atoms with Gasteiger partial charge in [-0.15, -0.1) is 0 Å². The van der Waals surface area contributed by atoms with Crippen molar-refractivity contribution in [2.45, 2.75) is 52.1 Å². The van der Waals surface area contributed by atoms with Crippen LogP contribution >= 0.6 is 0 Å². The van der Waals surface area contributed by atoms with Crippen molar-refractivity contribution in [3.05, 3.63) is 48.0 Å². The van der Waals surface area contributed by atoms with Crippen LogP contribution in [0.15, 0.2) is 42.5 Å². The van der Waals surface area contributed by atoms with Gasteiger partial charge in [-0.25, -0.2) is 0 Å². The van der Waals surface area contributed by atoms with Gasteiger partial charge in [0.2, 0.25) is 0 Å². The van der Waals surface area contributed by atoms with Gasteiger partial charge in [0.15, 0.2) is 5.78 Å². The summed E-state index contributed by atoms with van der Waals surface area (Å²) in [5.74, 6) is 1.35. The molecule has 2 heteroatoms. The molecule has 2 aliphatic rings. The molecule has 3 atom stereocenters. The monoisotopic (exact) mass is 312 g/mol. The number of ketones is 1. The minimum Gasteiger partial charge on any atom is -0.376 e. The Bertz CT molecular complexity index is 548. The molecule has 1 saturated carbocycles. The van der Waals surface area contributed by atoms with Crippen LogP contribution in [0.2, 0.25) is 0 Å². The first-order valence-electron chi connectivity index (χ1n) is 9.10. The molecule has 3 rings (SSSR count). The lowest BCUT2D eigenvalue weighted by Gasteiger charge is -2.46. The fourth-order valence-electron chi connectivity index (χ4n) is 4.57. The molecule has 0 amide bonds. The molecule has 0 radical (unpaired) electrons. The number of carbonyl (C=O) groups is 1. The van der Waals surface area contributed by atoms with E-state index >= 15 is 0 Å². The van der Waals surface area contributed by atoms with Gasteiger partial charge in [0, 0.05) is 0 Å². The molecule has 0 aromatic heterocycles. The number of ether oxygens (including phenoxy) is 1. The molecule has 0 heterocycles. The number of fused-ring (bicyclic) bond motifs is 1. The predicted molar refractivity (Wildman–Crippen MR) is 93.0 cm³/mol. The summed E-state index contributed by atoms with van der Waals surface area (Å²) in [4.78, 5) is 12.8. The summed E-state index contributed by atoms with van der Waals surface area (Å²) in [5.41, 5.74) is 0.891. The number of hydrogen-bond donors (Lipinski definition) is 0. The Morgan fingerprint density at radius 3 is 2.74 bits per heavy atom. The van der Waals surface area contributed by atoms with Crippen molar-refractivity contribution in [3.63, 3.8) is 0 Å². The van der Waals surface area contributed by atoms with Gasteiger partial charge in [0.25, 0.3) is 0 Å². The summed E-state index contributed by atoms with van der Waals surface area (Å²) in [6.45, 7) is 3.35. The summed E-state index contributed by atoms with van der Waals surface area (Å²) in [6.07, 6.45) is 11.0. The molecular formula is C21H28O2. The molecule has 0 spiro atoms. The minimum absolute atomic E-state index is 0.288. The van der Waals surface area contributed by atoms with Crippen LogP contribution in [0.4, 0.5) is 0 Å². The Hall–Kier alpha value is -1.41. The van der Waals surface area contributed by atoms with E-state index in [2.05, 4.69) is 25.1 Å². The number of hydrogen-bond acceptors (Lipinski definition) is 2. The number of benzene rings is 1. The van der Waals surface area contributed by atoms with Gasteiger partial charge < -0.3 is 4.74 Å². The molecule has 1 unspecified atom stereocenters. The molecular weight excluding hydrogens is 284 g/mol. The second-order valence-corrected chi connectivity index (χ2v) is 7.16. The van der Waals surface area contributed by atoms with Crippen molar-refractivity contribution in [1.82, 2.24) is 0 Å². The maximum absolute atomic E-state index is 12.8. The van der Waals surface area contributed by atoms with E-state index in [1.54, 1.807) is 0 Å². The molecule has 23 heavy (non-hydrogen) atoms. The standard InChI is InChI=1S/C21H28O2/c1-2-14-21(16-23-15-17-8-4-3-5-9-17)19-11-7-6-10-18(19)12-13-20(21)22/h3-5,8-9,12-13,18-19H,2,6-7,10-11,14-16H2,1H3/t18-,19?,21-/m0/s1. The van der Waals surface area contributed by atoms with Crippen molar-refractivity contribution in [1.29, 1.82) is 0 Å². The lowest BCUT2D eigenvalue weighted by Crippen LogP contribution is -2.48. The average Bonchev–Trinajstić information content (AvgIpc) is 2.59. The van der Waals surface area contributed by atoms with E-state index in [-0.39, 0.29) is 5.41 Å². The maximum atomic E-state index is 12.8. The normalized spacial score (nSPS) is 30.2. The van der Waals surface area contributed by atoms with Crippen LogP contribution in [-0.4, -0.2) is 12.4 Å². The zero-order chi connectivity index (χ0) is 16.1. The summed E-state index contributed by atoms with van der Waals surface area (Å²) >= 11 is 0. The SMILES string of the molecule is CCC[C@@]1(COCc2ccccc2)C(=O)C=C[C@@H]2CCCCC21. The summed E-state index contributed by atoms with van der Waals surface area (Å²) < 4.78 is 6.08. The summed E-state index contributed by atoms with van der Waals surface area (Å²) in [5, 5.41) is 0. The van der Waals surface area contributed by atoms with Gasteiger partial charge in [-0.2, -0.15) is 0 Å². The van der Waals surface area contributed by atoms with Crippen LogP contribution in [0.3, 0.4) is 0 Å². The van der Waals surface area contributed by atoms with Crippen molar-refractivity contribution in [3.8, 4) is 0 Å². The maximum Gasteiger partial charge on any atom is 0.164 e. The van der Waals surface area contributed by atoms with E-state index < -0.39 is 0 Å². The molecule has 1 fully saturated rings. The zero-order valence-electron chi connectivity index (χ0n) is 14.2. The van der Waals surface area contributed by atoms with Crippen LogP contribution in [0.25, 0.3) is 0 Å². The van der Waals surface area contributed by atoms with Gasteiger partial charge in [-0.05, 0) is 42.7 Å². The Labute approximate surface area is 139 Å². The van der Waals surface area contributed by atoms with Gasteiger partial charge in [0.05, 0.1) is 18.6 Å². The third kappa shape index (κ3) is 3.42. The van der Waals surface area contributed by atoms with Gasteiger partial charge in [-0.1, -0.05) is 62.6 Å². The molecule has 1 aromatic carbocycles. The largest absolute Gasteiger partial charge is 0.376 e. The molecule has 0 saturated heterocycles. The molecule has 124 valence electrons. The molecule has 2 nitrogen and oxygen atoms in total. The Kier molecular flexibility index (Phi) is 5.32. The van der Waals surface area contributed by atoms with E-state index in [1.165, 1.54) is 31.2 Å². The lowest BCUT2D eigenvalue weighted by molar-refractivity contribution is -0.137. The van der Waals surface area contributed by atoms with Crippen molar-refractivity contribution in [2.24, 2.45) is 17.3 Å². The van der Waals surface area contributed by atoms with Gasteiger partial charge >= 0.3 is 0 Å². The summed E-state index contributed by atoms with van der Waals surface area (Å²) in [7, 11) is 0. The van der Waals surface area contributed by atoms with E-state index in [0.29, 0.717) is 30.8 Å². The molecule has 2 aliphatic carbocycles. The highest BCUT2D eigenvalue weighted by Gasteiger charge is 2.49. The number of carbonyl (C=O) groups excluding carboxylic acids is 1. The fourth-order valence-corrected chi connectivity index (χ4v) is 4.57. The number of rotatable bonds is 6. The quantitative estimate of drug-likeness (QED) is 0.744. The van der Waals surface area contributed by atoms with Crippen molar-refractivity contribution >= 4 is 5.78 Å². The number of allylic oxidation sites excluding steroid dienone is 2. The predicted octanol–water partition coefficient (Wildman–Crippen LogP) is 4.94. The topological polar surface area (TPSA) is 26.3 Å². The van der Waals surface area contributed by atoms with Crippen LogP contribution < -0.4 is 0 Å². The minimum atomic E-state index is -0.288. The zero-order valence-corrected chi connectivity index (χ0v) is 14.2. The molecule has 0 aliphatic heterocycles. The van der Waals surface area contributed by atoms with E-state index in [0.717, 1.165) is 12.8 Å². The highest BCUT2D eigenvalue weighted by Crippen LogP contribution is 2.49. The van der Waals surface area contributed by atoms with Crippen molar-refractivity contribution in [2.75, 3.05) is 6.61 Å². The van der Waals surface area contributed by atoms with E-state index in [1.807, 2.05) is 24.3 Å². The Morgan fingerprint density at radius 1 is 1.17 bits per heavy atom. The van der Waals surface area contributed by atoms with E-state index in [4.69, 9.17) is 4.74 Å². The van der Waals surface area contributed by atoms with Gasteiger partial charge in [0.1, 0.15) is 0 Å². The highest BCUT2D eigenvalue weighted by atomic mass is 16.5. The third-order valence-electron chi connectivity index (χ3n) is 5.68. The lowest BCUT2D eigenvalue weighted by atomic mass is 9.58. The average molecular weight is 312 g/mol. The van der Waals surface area contributed by atoms with Crippen LogP contribution in [-0.2, 0) is 16.1 Å². The second kappa shape index (κ2) is 7.44. The van der Waals surface area contributed by atoms with Gasteiger partial charge in [-0.3, -0.25) is 4.79 Å². The van der Waals surface area contributed by atoms with Crippen LogP contribution in [0.1, 0.15) is 51.0 Å². The fraction of sp³-hybridized carbons (Fsp3) is 0.571. The molecule has 0 N–H and O–H groups in total. The third-order valence-corrected chi connectivity index (χ3v) is 5.68. The summed E-state index contributed by atoms with van der Waals surface area (Å²) in [6, 6.07) is 10.2. The first-order chi connectivity index (χ1) is 11.3. The van der Waals surface area contributed by atoms with E-state index in [9.17, 15) is 4.79 Å². The first kappa shape index (κ1) is 16.4. The Balaban J connectivity index is 1.74. The first-order valence-corrected chi connectivity index (χ1v) is 9.10. The molecule has 0 bridgehead atoms.